The van der Waals surface area contributed by atoms with Crippen LogP contribution in [0.1, 0.15) is 45.7 Å². The van der Waals surface area contributed by atoms with Gasteiger partial charge in [-0.3, -0.25) is 4.79 Å². The molecule has 1 N–H and O–H groups in total. The van der Waals surface area contributed by atoms with Crippen molar-refractivity contribution in [3.63, 3.8) is 0 Å². The average Bonchev–Trinajstić information content (AvgIpc) is 2.26. The van der Waals surface area contributed by atoms with Gasteiger partial charge in [-0.2, -0.15) is 0 Å². The Morgan fingerprint density at radius 1 is 1.21 bits per heavy atom. The minimum absolute atomic E-state index is 0.0184. The van der Waals surface area contributed by atoms with Crippen molar-refractivity contribution < 1.29 is 14.3 Å². The van der Waals surface area contributed by atoms with Gasteiger partial charge < -0.3 is 10.1 Å². The summed E-state index contributed by atoms with van der Waals surface area (Å²) in [5.41, 5.74) is 0.338. The van der Waals surface area contributed by atoms with Crippen LogP contribution >= 0.6 is 0 Å². The molecule has 4 nitrogen and oxygen atoms in total. The first-order valence-corrected chi connectivity index (χ1v) is 6.32. The van der Waals surface area contributed by atoms with Gasteiger partial charge in [-0.1, -0.05) is 30.3 Å². The molecule has 1 rings (SSSR count). The van der Waals surface area contributed by atoms with E-state index in [4.69, 9.17) is 4.74 Å². The highest BCUT2D eigenvalue weighted by Crippen LogP contribution is 2.18. The van der Waals surface area contributed by atoms with Crippen molar-refractivity contribution in [2.24, 2.45) is 0 Å². The molecule has 0 aliphatic carbocycles. The number of carbonyl (C=O) groups is 2. The van der Waals surface area contributed by atoms with Gasteiger partial charge in [-0.05, 0) is 33.3 Å². The third kappa shape index (κ3) is 6.04. The van der Waals surface area contributed by atoms with Crippen molar-refractivity contribution in [1.82, 2.24) is 5.32 Å². The Labute approximate surface area is 114 Å². The van der Waals surface area contributed by atoms with Gasteiger partial charge in [0.1, 0.15) is 11.4 Å². The zero-order valence-electron chi connectivity index (χ0n) is 11.9. The number of rotatable bonds is 4. The second-order valence-corrected chi connectivity index (χ2v) is 5.52. The van der Waals surface area contributed by atoms with Crippen LogP contribution in [0.15, 0.2) is 30.3 Å². The van der Waals surface area contributed by atoms with E-state index in [2.05, 4.69) is 5.32 Å². The SMILES string of the molecule is CC(=O)CC(NC(=O)OC(C)(C)C)c1ccccc1. The maximum Gasteiger partial charge on any atom is 0.408 e. The van der Waals surface area contributed by atoms with Gasteiger partial charge in [0.15, 0.2) is 0 Å². The number of amides is 1. The summed E-state index contributed by atoms with van der Waals surface area (Å²) in [6.07, 6.45) is -0.258. The molecule has 4 heteroatoms. The summed E-state index contributed by atoms with van der Waals surface area (Å²) in [6, 6.07) is 9.05. The van der Waals surface area contributed by atoms with Crippen LogP contribution in [0, 0.1) is 0 Å². The van der Waals surface area contributed by atoms with E-state index in [1.807, 2.05) is 30.3 Å². The molecule has 0 spiro atoms. The largest absolute Gasteiger partial charge is 0.444 e. The van der Waals surface area contributed by atoms with E-state index in [0.29, 0.717) is 0 Å². The molecule has 0 aliphatic heterocycles. The number of ketones is 1. The highest BCUT2D eigenvalue weighted by atomic mass is 16.6. The lowest BCUT2D eigenvalue weighted by Crippen LogP contribution is -2.35. The number of nitrogens with one attached hydrogen (secondary N) is 1. The minimum Gasteiger partial charge on any atom is -0.444 e. The van der Waals surface area contributed by atoms with Crippen molar-refractivity contribution in [2.75, 3.05) is 0 Å². The molecular formula is C15H21NO3. The molecule has 1 aromatic carbocycles. The van der Waals surface area contributed by atoms with E-state index < -0.39 is 11.7 Å². The number of Topliss-reactive ketones (excluding diaryl/α,β-unsaturated/α-hetero) is 1. The Bertz CT molecular complexity index is 434. The summed E-state index contributed by atoms with van der Waals surface area (Å²) in [6.45, 7) is 6.91. The maximum atomic E-state index is 11.8. The van der Waals surface area contributed by atoms with Crippen molar-refractivity contribution in [3.05, 3.63) is 35.9 Å². The van der Waals surface area contributed by atoms with Crippen molar-refractivity contribution in [3.8, 4) is 0 Å². The fraction of sp³-hybridized carbons (Fsp3) is 0.467. The van der Waals surface area contributed by atoms with Gasteiger partial charge in [-0.15, -0.1) is 0 Å². The monoisotopic (exact) mass is 263 g/mol. The lowest BCUT2D eigenvalue weighted by molar-refractivity contribution is -0.117. The van der Waals surface area contributed by atoms with E-state index in [1.165, 1.54) is 6.92 Å². The van der Waals surface area contributed by atoms with E-state index in [1.54, 1.807) is 20.8 Å². The standard InChI is InChI=1S/C15H21NO3/c1-11(17)10-13(12-8-6-5-7-9-12)16-14(18)19-15(2,3)4/h5-9,13H,10H2,1-4H3,(H,16,18). The van der Waals surface area contributed by atoms with Gasteiger partial charge >= 0.3 is 6.09 Å². The maximum absolute atomic E-state index is 11.8. The molecule has 0 radical (unpaired) electrons. The molecule has 1 aromatic rings. The van der Waals surface area contributed by atoms with Crippen LogP contribution in [-0.4, -0.2) is 17.5 Å². The van der Waals surface area contributed by atoms with Crippen LogP contribution in [0.4, 0.5) is 4.79 Å². The van der Waals surface area contributed by atoms with Gasteiger partial charge in [0.05, 0.1) is 6.04 Å². The fourth-order valence-corrected chi connectivity index (χ4v) is 1.67. The number of benzene rings is 1. The Morgan fingerprint density at radius 2 is 1.79 bits per heavy atom. The molecule has 0 aliphatic rings. The highest BCUT2D eigenvalue weighted by Gasteiger charge is 2.21. The molecule has 1 unspecified atom stereocenters. The molecule has 104 valence electrons. The molecule has 0 bridgehead atoms. The molecule has 1 amide bonds. The third-order valence-electron chi connectivity index (χ3n) is 2.38. The zero-order valence-corrected chi connectivity index (χ0v) is 11.9. The Hall–Kier alpha value is -1.84. The molecule has 0 aromatic heterocycles. The number of alkyl carbamates (subject to hydrolysis) is 1. The fourth-order valence-electron chi connectivity index (χ4n) is 1.67. The summed E-state index contributed by atoms with van der Waals surface area (Å²) in [4.78, 5) is 23.1. The van der Waals surface area contributed by atoms with Crippen molar-refractivity contribution in [2.45, 2.75) is 45.8 Å². The van der Waals surface area contributed by atoms with Crippen LogP contribution in [0.25, 0.3) is 0 Å². The highest BCUT2D eigenvalue weighted by molar-refractivity contribution is 5.77. The second kappa shape index (κ2) is 6.36. The summed E-state index contributed by atoms with van der Waals surface area (Å²) < 4.78 is 5.21. The van der Waals surface area contributed by atoms with Crippen LogP contribution in [0.2, 0.25) is 0 Å². The van der Waals surface area contributed by atoms with Gasteiger partial charge in [-0.25, -0.2) is 4.79 Å². The number of hydrogen-bond donors (Lipinski definition) is 1. The molecular weight excluding hydrogens is 242 g/mol. The second-order valence-electron chi connectivity index (χ2n) is 5.52. The lowest BCUT2D eigenvalue weighted by atomic mass is 10.0. The molecule has 1 atom stereocenters. The van der Waals surface area contributed by atoms with Crippen LogP contribution < -0.4 is 5.32 Å². The minimum atomic E-state index is -0.554. The van der Waals surface area contributed by atoms with E-state index in [9.17, 15) is 9.59 Å². The average molecular weight is 263 g/mol. The summed E-state index contributed by atoms with van der Waals surface area (Å²) in [5, 5.41) is 2.74. The number of ether oxygens (including phenoxy) is 1. The van der Waals surface area contributed by atoms with Crippen molar-refractivity contribution in [1.29, 1.82) is 0 Å². The first-order chi connectivity index (χ1) is 8.78. The lowest BCUT2D eigenvalue weighted by Gasteiger charge is -2.23. The predicted octanol–water partition coefficient (Wildman–Crippen LogP) is 3.23. The quantitative estimate of drug-likeness (QED) is 0.907. The summed E-state index contributed by atoms with van der Waals surface area (Å²) >= 11 is 0. The van der Waals surface area contributed by atoms with Crippen LogP contribution in [-0.2, 0) is 9.53 Å². The number of carbonyl (C=O) groups excluding carboxylic acids is 2. The van der Waals surface area contributed by atoms with Gasteiger partial charge in [0, 0.05) is 6.42 Å². The van der Waals surface area contributed by atoms with Crippen LogP contribution in [0.5, 0.6) is 0 Å². The number of hydrogen-bond acceptors (Lipinski definition) is 3. The third-order valence-corrected chi connectivity index (χ3v) is 2.38. The van der Waals surface area contributed by atoms with Crippen LogP contribution in [0.3, 0.4) is 0 Å². The first kappa shape index (κ1) is 15.2. The Morgan fingerprint density at radius 3 is 2.26 bits per heavy atom. The normalized spacial score (nSPS) is 12.6. The van der Waals surface area contributed by atoms with Gasteiger partial charge in [0.2, 0.25) is 0 Å². The van der Waals surface area contributed by atoms with Gasteiger partial charge in [0.25, 0.3) is 0 Å². The van der Waals surface area contributed by atoms with E-state index in [-0.39, 0.29) is 18.2 Å². The first-order valence-electron chi connectivity index (χ1n) is 6.32. The molecule has 0 fully saturated rings. The molecule has 0 heterocycles. The Balaban J connectivity index is 2.76. The van der Waals surface area contributed by atoms with E-state index >= 15 is 0 Å². The summed E-state index contributed by atoms with van der Waals surface area (Å²) in [7, 11) is 0. The molecule has 0 saturated carbocycles. The zero-order chi connectivity index (χ0) is 14.5. The smallest absolute Gasteiger partial charge is 0.408 e. The molecule has 19 heavy (non-hydrogen) atoms. The summed E-state index contributed by atoms with van der Waals surface area (Å²) in [5.74, 6) is 0.0184. The Kier molecular flexibility index (Phi) is 5.10. The predicted molar refractivity (Wildman–Crippen MR) is 73.9 cm³/mol. The molecule has 0 saturated heterocycles. The van der Waals surface area contributed by atoms with E-state index in [0.717, 1.165) is 5.56 Å². The topological polar surface area (TPSA) is 55.4 Å². The van der Waals surface area contributed by atoms with Crippen molar-refractivity contribution >= 4 is 11.9 Å².